The molecule has 0 amide bonds. The lowest BCUT2D eigenvalue weighted by Gasteiger charge is -2.31. The zero-order valence-electron chi connectivity index (χ0n) is 7.66. The molecule has 0 aliphatic heterocycles. The summed E-state index contributed by atoms with van der Waals surface area (Å²) < 4.78 is 5.77. The highest BCUT2D eigenvalue weighted by Crippen LogP contribution is 2.30. The first-order chi connectivity index (χ1) is 6.25. The number of hydrogen-bond donors (Lipinski definition) is 0. The molecule has 0 radical (unpaired) electrons. The van der Waals surface area contributed by atoms with Crippen LogP contribution >= 0.6 is 11.6 Å². The zero-order chi connectivity index (χ0) is 9.26. The summed E-state index contributed by atoms with van der Waals surface area (Å²) in [6.45, 7) is 2.06. The first kappa shape index (κ1) is 8.89. The number of hydrogen-bond acceptors (Lipinski definition) is 1. The number of aryl methyl sites for hydroxylation is 1. The van der Waals surface area contributed by atoms with Gasteiger partial charge in [0, 0.05) is 18.2 Å². The predicted octanol–water partition coefficient (Wildman–Crippen LogP) is 3.14. The number of para-hydroxylation sites is 1. The van der Waals surface area contributed by atoms with Crippen molar-refractivity contribution < 1.29 is 4.74 Å². The molecule has 0 atom stereocenters. The Morgan fingerprint density at radius 3 is 2.62 bits per heavy atom. The van der Waals surface area contributed by atoms with Gasteiger partial charge in [-0.15, -0.1) is 11.6 Å². The van der Waals surface area contributed by atoms with Gasteiger partial charge in [0.1, 0.15) is 11.9 Å². The molecule has 0 N–H and O–H groups in total. The van der Waals surface area contributed by atoms with Gasteiger partial charge in [-0.1, -0.05) is 18.2 Å². The molecule has 1 aliphatic carbocycles. The highest BCUT2D eigenvalue weighted by molar-refractivity contribution is 6.21. The van der Waals surface area contributed by atoms with E-state index in [1.807, 2.05) is 18.2 Å². The van der Waals surface area contributed by atoms with Gasteiger partial charge in [0.05, 0.1) is 0 Å². The fourth-order valence-corrected chi connectivity index (χ4v) is 1.86. The minimum absolute atomic E-state index is 0.328. The van der Waals surface area contributed by atoms with Crippen molar-refractivity contribution >= 4 is 11.6 Å². The van der Waals surface area contributed by atoms with Gasteiger partial charge in [-0.25, -0.2) is 0 Å². The second-order valence-corrected chi connectivity index (χ2v) is 4.19. The van der Waals surface area contributed by atoms with Gasteiger partial charge in [-0.3, -0.25) is 0 Å². The number of halogens is 1. The van der Waals surface area contributed by atoms with E-state index in [0.717, 1.165) is 18.6 Å². The van der Waals surface area contributed by atoms with Crippen molar-refractivity contribution in [2.75, 3.05) is 0 Å². The van der Waals surface area contributed by atoms with Crippen molar-refractivity contribution in [3.05, 3.63) is 29.8 Å². The van der Waals surface area contributed by atoms with Gasteiger partial charge in [-0.05, 0) is 18.6 Å². The summed E-state index contributed by atoms with van der Waals surface area (Å²) in [5.74, 6) is 0.996. The highest BCUT2D eigenvalue weighted by Gasteiger charge is 2.29. The first-order valence-corrected chi connectivity index (χ1v) is 5.05. The number of ether oxygens (including phenoxy) is 1. The maximum absolute atomic E-state index is 5.87. The van der Waals surface area contributed by atoms with E-state index in [0.29, 0.717) is 11.5 Å². The molecule has 0 spiro atoms. The van der Waals surface area contributed by atoms with Gasteiger partial charge in [0.25, 0.3) is 0 Å². The average Bonchev–Trinajstić information content (AvgIpc) is 2.06. The van der Waals surface area contributed by atoms with Crippen LogP contribution in [0, 0.1) is 6.92 Å². The Balaban J connectivity index is 1.98. The summed E-state index contributed by atoms with van der Waals surface area (Å²) in [5.41, 5.74) is 1.19. The van der Waals surface area contributed by atoms with Gasteiger partial charge in [0.2, 0.25) is 0 Å². The van der Waals surface area contributed by atoms with E-state index < -0.39 is 0 Å². The molecule has 13 heavy (non-hydrogen) atoms. The smallest absolute Gasteiger partial charge is 0.122 e. The third kappa shape index (κ3) is 1.97. The largest absolute Gasteiger partial charge is 0.490 e. The zero-order valence-corrected chi connectivity index (χ0v) is 8.42. The maximum Gasteiger partial charge on any atom is 0.122 e. The fraction of sp³-hybridized carbons (Fsp3) is 0.455. The summed E-state index contributed by atoms with van der Waals surface area (Å²) in [7, 11) is 0. The second kappa shape index (κ2) is 3.59. The molecule has 0 heterocycles. The van der Waals surface area contributed by atoms with Crippen molar-refractivity contribution in [1.29, 1.82) is 0 Å². The van der Waals surface area contributed by atoms with Gasteiger partial charge in [0.15, 0.2) is 0 Å². The molecule has 1 fully saturated rings. The summed E-state index contributed by atoms with van der Waals surface area (Å²) >= 11 is 5.87. The molecule has 2 rings (SSSR count). The van der Waals surface area contributed by atoms with Crippen LogP contribution in [0.4, 0.5) is 0 Å². The van der Waals surface area contributed by atoms with Crippen molar-refractivity contribution in [1.82, 2.24) is 0 Å². The number of alkyl halides is 1. The molecular weight excluding hydrogens is 184 g/mol. The highest BCUT2D eigenvalue weighted by atomic mass is 35.5. The molecule has 1 nitrogen and oxygen atoms in total. The fourth-order valence-electron chi connectivity index (χ4n) is 1.47. The summed E-state index contributed by atoms with van der Waals surface area (Å²) in [6.07, 6.45) is 2.30. The van der Waals surface area contributed by atoms with E-state index in [-0.39, 0.29) is 0 Å². The lowest BCUT2D eigenvalue weighted by atomic mass is 9.95. The van der Waals surface area contributed by atoms with E-state index in [1.165, 1.54) is 5.56 Å². The van der Waals surface area contributed by atoms with Crippen LogP contribution in [0.15, 0.2) is 24.3 Å². The standard InChI is InChI=1S/C11H13ClO/c1-8-4-2-3-5-11(8)13-10-6-9(12)7-10/h2-5,9-10H,6-7H2,1H3. The van der Waals surface area contributed by atoms with E-state index in [4.69, 9.17) is 16.3 Å². The Morgan fingerprint density at radius 2 is 2.00 bits per heavy atom. The first-order valence-electron chi connectivity index (χ1n) is 4.62. The third-order valence-corrected chi connectivity index (χ3v) is 2.78. The Labute approximate surface area is 83.7 Å². The van der Waals surface area contributed by atoms with Crippen LogP contribution in [-0.2, 0) is 0 Å². The van der Waals surface area contributed by atoms with Gasteiger partial charge < -0.3 is 4.74 Å². The molecule has 0 bridgehead atoms. The molecular formula is C11H13ClO. The Morgan fingerprint density at radius 1 is 1.31 bits per heavy atom. The van der Waals surface area contributed by atoms with E-state index >= 15 is 0 Å². The van der Waals surface area contributed by atoms with Crippen LogP contribution in [-0.4, -0.2) is 11.5 Å². The molecule has 2 heteroatoms. The lowest BCUT2D eigenvalue weighted by Crippen LogP contribution is -2.34. The van der Waals surface area contributed by atoms with E-state index in [1.54, 1.807) is 0 Å². The van der Waals surface area contributed by atoms with Crippen LogP contribution in [0.2, 0.25) is 0 Å². The molecule has 70 valence electrons. The van der Waals surface area contributed by atoms with E-state index in [2.05, 4.69) is 13.0 Å². The monoisotopic (exact) mass is 196 g/mol. The van der Waals surface area contributed by atoms with Crippen molar-refractivity contribution in [2.24, 2.45) is 0 Å². The van der Waals surface area contributed by atoms with Crippen LogP contribution in [0.25, 0.3) is 0 Å². The maximum atomic E-state index is 5.87. The van der Waals surface area contributed by atoms with E-state index in [9.17, 15) is 0 Å². The average molecular weight is 197 g/mol. The van der Waals surface area contributed by atoms with Crippen molar-refractivity contribution in [2.45, 2.75) is 31.2 Å². The van der Waals surface area contributed by atoms with Gasteiger partial charge in [-0.2, -0.15) is 0 Å². The van der Waals surface area contributed by atoms with Crippen LogP contribution in [0.1, 0.15) is 18.4 Å². The van der Waals surface area contributed by atoms with Crippen LogP contribution < -0.4 is 4.74 Å². The SMILES string of the molecule is Cc1ccccc1OC1CC(Cl)C1. The molecule has 0 unspecified atom stereocenters. The molecule has 0 saturated heterocycles. The summed E-state index contributed by atoms with van der Waals surface area (Å²) in [6, 6.07) is 8.09. The summed E-state index contributed by atoms with van der Waals surface area (Å²) in [4.78, 5) is 0. The Hall–Kier alpha value is -0.690. The topological polar surface area (TPSA) is 9.23 Å². The summed E-state index contributed by atoms with van der Waals surface area (Å²) in [5, 5.41) is 0.328. The number of rotatable bonds is 2. The minimum atomic E-state index is 0.328. The molecule has 1 aromatic carbocycles. The molecule has 1 aliphatic rings. The Bertz CT molecular complexity index is 292. The van der Waals surface area contributed by atoms with Gasteiger partial charge >= 0.3 is 0 Å². The van der Waals surface area contributed by atoms with Crippen LogP contribution in [0.5, 0.6) is 5.75 Å². The third-order valence-electron chi connectivity index (χ3n) is 2.42. The normalized spacial score (nSPS) is 26.6. The quantitative estimate of drug-likeness (QED) is 0.661. The molecule has 0 aromatic heterocycles. The predicted molar refractivity (Wildman–Crippen MR) is 54.5 cm³/mol. The van der Waals surface area contributed by atoms with Crippen molar-refractivity contribution in [3.63, 3.8) is 0 Å². The molecule has 1 saturated carbocycles. The van der Waals surface area contributed by atoms with Crippen molar-refractivity contribution in [3.8, 4) is 5.75 Å². The second-order valence-electron chi connectivity index (χ2n) is 3.57. The Kier molecular flexibility index (Phi) is 2.45. The van der Waals surface area contributed by atoms with Crippen LogP contribution in [0.3, 0.4) is 0 Å². The lowest BCUT2D eigenvalue weighted by molar-refractivity contribution is 0.123. The number of benzene rings is 1. The molecule has 1 aromatic rings. The minimum Gasteiger partial charge on any atom is -0.490 e.